The maximum absolute atomic E-state index is 13.3. The molecule has 2 aromatic carbocycles. The van der Waals surface area contributed by atoms with Crippen molar-refractivity contribution in [2.24, 2.45) is 11.8 Å². The summed E-state index contributed by atoms with van der Waals surface area (Å²) in [5.74, 6) is 0.928. The highest BCUT2D eigenvalue weighted by Gasteiger charge is 2.56. The van der Waals surface area contributed by atoms with Crippen LogP contribution in [0.25, 0.3) is 22.0 Å². The predicted molar refractivity (Wildman–Crippen MR) is 125 cm³/mol. The number of hydrogen-bond donors (Lipinski definition) is 3. The molecule has 2 heterocycles. The van der Waals surface area contributed by atoms with Crippen LogP contribution in [0.4, 0.5) is 4.79 Å². The molecule has 166 valence electrons. The van der Waals surface area contributed by atoms with Gasteiger partial charge < -0.3 is 20.3 Å². The van der Waals surface area contributed by atoms with Crippen molar-refractivity contribution in [2.45, 2.75) is 44.8 Å². The Hall–Kier alpha value is -2.87. The quantitative estimate of drug-likeness (QED) is 0.465. The number of hydrogen-bond acceptors (Lipinski definition) is 3. The molecule has 32 heavy (non-hydrogen) atoms. The molecule has 1 aromatic heterocycles. The van der Waals surface area contributed by atoms with Gasteiger partial charge in [-0.05, 0) is 53.6 Å². The normalized spacial score (nSPS) is 22.8. The molecule has 8 heteroatoms. The summed E-state index contributed by atoms with van der Waals surface area (Å²) in [4.78, 5) is 34.6. The second-order valence-electron chi connectivity index (χ2n) is 9.11. The number of H-pyrrole nitrogens is 1. The van der Waals surface area contributed by atoms with Crippen molar-refractivity contribution in [3.63, 3.8) is 0 Å². The van der Waals surface area contributed by atoms with E-state index in [1.54, 1.807) is 0 Å². The first-order valence-corrected chi connectivity index (χ1v) is 11.7. The van der Waals surface area contributed by atoms with Crippen molar-refractivity contribution >= 4 is 38.7 Å². The zero-order chi connectivity index (χ0) is 22.6. The maximum atomic E-state index is 13.3. The lowest BCUT2D eigenvalue weighted by molar-refractivity contribution is -0.136. The van der Waals surface area contributed by atoms with Crippen molar-refractivity contribution in [1.82, 2.24) is 20.2 Å². The van der Waals surface area contributed by atoms with E-state index in [0.717, 1.165) is 45.2 Å². The molecule has 2 amide bonds. The standard InChI is InChI=1S/C24H25BrN4O3/c1-12(2)21(28-24(31)32)23(30)29-19-9-16(19)10-20(29)22-26-11-18(27-22)15-4-3-14-8-17(25)6-5-13(14)7-15/h3-8,11-12,16,19-21,28H,9-10H2,1-2H3,(H,26,27)(H,31,32)/t16-,19-,20+,21?/m1/s1. The summed E-state index contributed by atoms with van der Waals surface area (Å²) in [6, 6.07) is 11.7. The number of nitrogens with one attached hydrogen (secondary N) is 2. The SMILES string of the molecule is CC(C)C(NC(=O)O)C(=O)N1[C@@H]2C[C@@H]2C[C@H]1c1nc(-c2ccc3cc(Br)ccc3c2)c[nH]1. The fourth-order valence-corrected chi connectivity index (χ4v) is 5.23. The minimum atomic E-state index is -1.18. The number of rotatable bonds is 5. The van der Waals surface area contributed by atoms with Crippen LogP contribution >= 0.6 is 15.9 Å². The Morgan fingerprint density at radius 2 is 1.94 bits per heavy atom. The van der Waals surface area contributed by atoms with Gasteiger partial charge in [0.1, 0.15) is 11.9 Å². The Morgan fingerprint density at radius 3 is 2.69 bits per heavy atom. The van der Waals surface area contributed by atoms with Crippen LogP contribution in [0.2, 0.25) is 0 Å². The van der Waals surface area contributed by atoms with E-state index < -0.39 is 12.1 Å². The van der Waals surface area contributed by atoms with Gasteiger partial charge >= 0.3 is 6.09 Å². The van der Waals surface area contributed by atoms with E-state index in [9.17, 15) is 14.7 Å². The number of piperidine rings is 1. The van der Waals surface area contributed by atoms with Gasteiger partial charge in [0.25, 0.3) is 0 Å². The average Bonchev–Trinajstić information content (AvgIpc) is 3.18. The summed E-state index contributed by atoms with van der Waals surface area (Å²) in [6.45, 7) is 3.72. The summed E-state index contributed by atoms with van der Waals surface area (Å²) in [6.07, 6.45) is 2.54. The summed E-state index contributed by atoms with van der Waals surface area (Å²) in [5.41, 5.74) is 1.85. The van der Waals surface area contributed by atoms with Crippen LogP contribution in [0, 0.1) is 11.8 Å². The van der Waals surface area contributed by atoms with Gasteiger partial charge in [0.05, 0.1) is 11.7 Å². The first-order valence-electron chi connectivity index (χ1n) is 10.9. The lowest BCUT2D eigenvalue weighted by Crippen LogP contribution is -2.51. The minimum Gasteiger partial charge on any atom is -0.465 e. The number of benzene rings is 2. The van der Waals surface area contributed by atoms with Crippen LogP contribution in [-0.2, 0) is 4.79 Å². The summed E-state index contributed by atoms with van der Waals surface area (Å²) in [7, 11) is 0. The lowest BCUT2D eigenvalue weighted by atomic mass is 10.0. The molecule has 0 spiro atoms. The summed E-state index contributed by atoms with van der Waals surface area (Å²) >= 11 is 3.51. The van der Waals surface area contributed by atoms with E-state index in [4.69, 9.17) is 4.98 Å². The van der Waals surface area contributed by atoms with Crippen LogP contribution in [0.15, 0.2) is 47.1 Å². The highest BCUT2D eigenvalue weighted by molar-refractivity contribution is 9.10. The zero-order valence-electron chi connectivity index (χ0n) is 17.9. The van der Waals surface area contributed by atoms with Gasteiger partial charge in [-0.3, -0.25) is 4.79 Å². The van der Waals surface area contributed by atoms with Gasteiger partial charge in [-0.25, -0.2) is 9.78 Å². The highest BCUT2D eigenvalue weighted by Crippen LogP contribution is 2.53. The number of likely N-dealkylation sites (tertiary alicyclic amines) is 1. The number of aromatic nitrogens is 2. The number of amides is 2. The zero-order valence-corrected chi connectivity index (χ0v) is 19.5. The molecular formula is C24H25BrN4O3. The molecule has 4 atom stereocenters. The average molecular weight is 497 g/mol. The van der Waals surface area contributed by atoms with Gasteiger partial charge in [-0.2, -0.15) is 0 Å². The van der Waals surface area contributed by atoms with E-state index in [-0.39, 0.29) is 23.9 Å². The Bertz CT molecular complexity index is 1210. The van der Waals surface area contributed by atoms with Gasteiger partial charge in [0.15, 0.2) is 0 Å². The van der Waals surface area contributed by atoms with Gasteiger partial charge in [-0.15, -0.1) is 0 Å². The van der Waals surface area contributed by atoms with Crippen molar-refractivity contribution in [3.8, 4) is 11.3 Å². The Kier molecular flexibility index (Phi) is 5.20. The number of halogens is 1. The molecule has 3 N–H and O–H groups in total. The minimum absolute atomic E-state index is 0.137. The van der Waals surface area contributed by atoms with Gasteiger partial charge in [0.2, 0.25) is 5.91 Å². The van der Waals surface area contributed by atoms with E-state index in [2.05, 4.69) is 56.6 Å². The van der Waals surface area contributed by atoms with Crippen LogP contribution in [0.1, 0.15) is 38.6 Å². The molecule has 1 aliphatic carbocycles. The third kappa shape index (κ3) is 3.77. The van der Waals surface area contributed by atoms with Crippen molar-refractivity contribution in [3.05, 3.63) is 52.9 Å². The fourth-order valence-electron chi connectivity index (χ4n) is 4.86. The summed E-state index contributed by atoms with van der Waals surface area (Å²) in [5, 5.41) is 13.9. The van der Waals surface area contributed by atoms with E-state index in [0.29, 0.717) is 5.92 Å². The monoisotopic (exact) mass is 496 g/mol. The number of carboxylic acid groups (broad SMARTS) is 1. The Morgan fingerprint density at radius 1 is 1.19 bits per heavy atom. The number of carbonyl (C=O) groups is 2. The maximum Gasteiger partial charge on any atom is 0.405 e. The topological polar surface area (TPSA) is 98.3 Å². The smallest absolute Gasteiger partial charge is 0.405 e. The molecule has 7 nitrogen and oxygen atoms in total. The first-order chi connectivity index (χ1) is 15.3. The van der Waals surface area contributed by atoms with Gasteiger partial charge in [-0.1, -0.05) is 48.0 Å². The number of imidazole rings is 1. The van der Waals surface area contributed by atoms with Crippen molar-refractivity contribution in [1.29, 1.82) is 0 Å². The number of fused-ring (bicyclic) bond motifs is 2. The van der Waals surface area contributed by atoms with Crippen LogP contribution in [-0.4, -0.2) is 44.1 Å². The molecule has 5 rings (SSSR count). The number of carbonyl (C=O) groups excluding carboxylic acids is 1. The molecule has 2 aliphatic rings. The summed E-state index contributed by atoms with van der Waals surface area (Å²) < 4.78 is 1.04. The molecule has 1 saturated heterocycles. The third-order valence-corrected chi connectivity index (χ3v) is 7.08. The van der Waals surface area contributed by atoms with Crippen molar-refractivity contribution in [2.75, 3.05) is 0 Å². The molecule has 1 unspecified atom stereocenters. The molecule has 1 aliphatic heterocycles. The third-order valence-electron chi connectivity index (χ3n) is 6.58. The second-order valence-corrected chi connectivity index (χ2v) is 10.0. The Labute approximate surface area is 194 Å². The first kappa shape index (κ1) is 21.0. The molecular weight excluding hydrogens is 472 g/mol. The molecule has 1 saturated carbocycles. The second kappa shape index (κ2) is 7.92. The molecule has 0 bridgehead atoms. The fraction of sp³-hybridized carbons (Fsp3) is 0.375. The predicted octanol–water partition coefficient (Wildman–Crippen LogP) is 4.95. The van der Waals surface area contributed by atoms with Crippen LogP contribution < -0.4 is 5.32 Å². The van der Waals surface area contributed by atoms with E-state index in [1.165, 1.54) is 0 Å². The lowest BCUT2D eigenvalue weighted by Gasteiger charge is -2.31. The van der Waals surface area contributed by atoms with Gasteiger partial charge in [0, 0.05) is 22.3 Å². The molecule has 3 aromatic rings. The number of nitrogens with zero attached hydrogens (tertiary/aromatic N) is 2. The molecule has 0 radical (unpaired) electrons. The molecule has 2 fully saturated rings. The number of aromatic amines is 1. The van der Waals surface area contributed by atoms with E-state index >= 15 is 0 Å². The highest BCUT2D eigenvalue weighted by atomic mass is 79.9. The Balaban J connectivity index is 1.42. The van der Waals surface area contributed by atoms with Crippen LogP contribution in [0.3, 0.4) is 0 Å². The largest absolute Gasteiger partial charge is 0.465 e. The van der Waals surface area contributed by atoms with E-state index in [1.807, 2.05) is 31.0 Å². The van der Waals surface area contributed by atoms with Crippen LogP contribution in [0.5, 0.6) is 0 Å². The van der Waals surface area contributed by atoms with Crippen molar-refractivity contribution < 1.29 is 14.7 Å².